The van der Waals surface area contributed by atoms with E-state index in [0.717, 1.165) is 46.6 Å². The molecule has 2 heterocycles. The Bertz CT molecular complexity index is 1270. The van der Waals surface area contributed by atoms with Crippen LogP contribution in [0.25, 0.3) is 11.3 Å². The second-order valence-electron chi connectivity index (χ2n) is 9.74. The first-order valence-corrected chi connectivity index (χ1v) is 13.4. The summed E-state index contributed by atoms with van der Waals surface area (Å²) in [5.74, 6) is -0.523. The summed E-state index contributed by atoms with van der Waals surface area (Å²) in [6.07, 6.45) is 6.85. The molecule has 1 saturated carbocycles. The molecule has 3 aromatic rings. The Morgan fingerprint density at radius 2 is 1.89 bits per heavy atom. The van der Waals surface area contributed by atoms with E-state index in [-0.39, 0.29) is 17.6 Å². The summed E-state index contributed by atoms with van der Waals surface area (Å²) >= 11 is 1.48. The molecule has 1 aliphatic carbocycles. The number of hydrogen-bond donors (Lipinski definition) is 1. The van der Waals surface area contributed by atoms with E-state index >= 15 is 0 Å². The number of likely N-dealkylation sites (N-methyl/N-ethyl adjacent to an activating group) is 1. The van der Waals surface area contributed by atoms with E-state index < -0.39 is 0 Å². The Morgan fingerprint density at radius 1 is 1.14 bits per heavy atom. The van der Waals surface area contributed by atoms with E-state index in [9.17, 15) is 14.0 Å². The summed E-state index contributed by atoms with van der Waals surface area (Å²) in [6.45, 7) is 2.96. The zero-order valence-electron chi connectivity index (χ0n) is 20.7. The van der Waals surface area contributed by atoms with Gasteiger partial charge in [-0.15, -0.1) is 11.3 Å². The fourth-order valence-corrected chi connectivity index (χ4v) is 6.11. The number of carbonyl (C=O) groups is 2. The van der Waals surface area contributed by atoms with Crippen LogP contribution in [0, 0.1) is 12.7 Å². The van der Waals surface area contributed by atoms with Gasteiger partial charge in [-0.1, -0.05) is 25.3 Å². The van der Waals surface area contributed by atoms with E-state index in [1.807, 2.05) is 26.1 Å². The quantitative estimate of drug-likeness (QED) is 0.468. The van der Waals surface area contributed by atoms with E-state index in [0.29, 0.717) is 29.8 Å². The van der Waals surface area contributed by atoms with Gasteiger partial charge in [0.15, 0.2) is 5.13 Å². The summed E-state index contributed by atoms with van der Waals surface area (Å²) in [5.41, 5.74) is 4.24. The van der Waals surface area contributed by atoms with Crippen LogP contribution >= 0.6 is 11.3 Å². The number of thiazole rings is 1. The first-order valence-electron chi connectivity index (χ1n) is 12.6. The molecular weight excluding hydrogens is 475 g/mol. The van der Waals surface area contributed by atoms with Crippen molar-refractivity contribution >= 4 is 34.0 Å². The van der Waals surface area contributed by atoms with Crippen molar-refractivity contribution in [3.8, 4) is 11.3 Å². The molecule has 1 aliphatic heterocycles. The second kappa shape index (κ2) is 10.5. The van der Waals surface area contributed by atoms with E-state index in [4.69, 9.17) is 4.98 Å². The molecule has 188 valence electrons. The SMILES string of the molecule is Cc1sc(NC(=O)CN(C)C2CCCCC2)nc1-c1ccc2c(c1)CCN2C(=O)c1ccc(F)cc1. The minimum Gasteiger partial charge on any atom is -0.308 e. The van der Waals surface area contributed by atoms with Crippen molar-refractivity contribution in [1.82, 2.24) is 9.88 Å². The lowest BCUT2D eigenvalue weighted by Gasteiger charge is -2.30. The molecule has 0 atom stereocenters. The number of nitrogens with zero attached hydrogens (tertiary/aromatic N) is 3. The van der Waals surface area contributed by atoms with Crippen LogP contribution in [0.4, 0.5) is 15.2 Å². The zero-order valence-corrected chi connectivity index (χ0v) is 21.5. The highest BCUT2D eigenvalue weighted by Crippen LogP contribution is 2.36. The molecular formula is C28H31FN4O2S. The lowest BCUT2D eigenvalue weighted by Crippen LogP contribution is -2.39. The van der Waals surface area contributed by atoms with Crippen LogP contribution in [0.15, 0.2) is 42.5 Å². The molecule has 1 N–H and O–H groups in total. The van der Waals surface area contributed by atoms with Crippen molar-refractivity contribution in [3.05, 3.63) is 64.3 Å². The highest BCUT2D eigenvalue weighted by atomic mass is 32.1. The molecule has 0 saturated heterocycles. The Morgan fingerprint density at radius 3 is 2.64 bits per heavy atom. The van der Waals surface area contributed by atoms with Gasteiger partial charge in [0.1, 0.15) is 5.82 Å². The van der Waals surface area contributed by atoms with Crippen LogP contribution < -0.4 is 10.2 Å². The third-order valence-electron chi connectivity index (χ3n) is 7.22. The molecule has 36 heavy (non-hydrogen) atoms. The average molecular weight is 507 g/mol. The first kappa shape index (κ1) is 24.6. The van der Waals surface area contributed by atoms with Gasteiger partial charge < -0.3 is 10.2 Å². The predicted octanol–water partition coefficient (Wildman–Crippen LogP) is 5.66. The van der Waals surface area contributed by atoms with Crippen LogP contribution in [0.5, 0.6) is 0 Å². The molecule has 2 aromatic carbocycles. The normalized spacial score (nSPS) is 15.8. The van der Waals surface area contributed by atoms with E-state index in [1.165, 1.54) is 54.9 Å². The second-order valence-corrected chi connectivity index (χ2v) is 10.9. The number of nitrogens with one attached hydrogen (secondary N) is 1. The molecule has 8 heteroatoms. The minimum atomic E-state index is -0.358. The Labute approximate surface area is 215 Å². The number of carbonyl (C=O) groups excluding carboxylic acids is 2. The van der Waals surface area contributed by atoms with Crippen LogP contribution in [0.2, 0.25) is 0 Å². The largest absolute Gasteiger partial charge is 0.308 e. The highest BCUT2D eigenvalue weighted by molar-refractivity contribution is 7.16. The number of benzene rings is 2. The fraction of sp³-hybridized carbons (Fsp3) is 0.393. The van der Waals surface area contributed by atoms with Gasteiger partial charge in [0.05, 0.1) is 12.2 Å². The van der Waals surface area contributed by atoms with Gasteiger partial charge in [-0.3, -0.25) is 14.5 Å². The molecule has 0 bridgehead atoms. The summed E-state index contributed by atoms with van der Waals surface area (Å²) in [5, 5.41) is 3.60. The maximum Gasteiger partial charge on any atom is 0.258 e. The number of hydrogen-bond acceptors (Lipinski definition) is 5. The summed E-state index contributed by atoms with van der Waals surface area (Å²) in [7, 11) is 2.03. The molecule has 6 nitrogen and oxygen atoms in total. The topological polar surface area (TPSA) is 65.5 Å². The van der Waals surface area contributed by atoms with Crippen molar-refractivity contribution in [1.29, 1.82) is 0 Å². The minimum absolute atomic E-state index is 0.0349. The Hall–Kier alpha value is -3.10. The standard InChI is InChI=1S/C28H31FN4O2S/c1-18-26(31-28(36-18)30-25(34)17-32(2)23-6-4-3-5-7-23)21-10-13-24-20(16-21)14-15-33(24)27(35)19-8-11-22(29)12-9-19/h8-13,16,23H,3-7,14-15,17H2,1-2H3,(H,30,31,34). The highest BCUT2D eigenvalue weighted by Gasteiger charge is 2.27. The van der Waals surface area contributed by atoms with Gasteiger partial charge in [-0.05, 0) is 75.2 Å². The number of halogens is 1. The fourth-order valence-electron chi connectivity index (χ4n) is 5.26. The monoisotopic (exact) mass is 506 g/mol. The van der Waals surface area contributed by atoms with Crippen LogP contribution in [-0.2, 0) is 11.2 Å². The van der Waals surface area contributed by atoms with Crippen molar-refractivity contribution < 1.29 is 14.0 Å². The maximum atomic E-state index is 13.3. The lowest BCUT2D eigenvalue weighted by molar-refractivity contribution is -0.117. The molecule has 0 unspecified atom stereocenters. The van der Waals surface area contributed by atoms with Crippen LogP contribution in [0.1, 0.15) is 52.9 Å². The van der Waals surface area contributed by atoms with Crippen molar-refractivity contribution in [2.75, 3.05) is 30.4 Å². The summed E-state index contributed by atoms with van der Waals surface area (Å²) in [6, 6.07) is 12.1. The smallest absolute Gasteiger partial charge is 0.258 e. The molecule has 2 amide bonds. The maximum absolute atomic E-state index is 13.3. The van der Waals surface area contributed by atoms with Crippen LogP contribution in [-0.4, -0.2) is 47.9 Å². The third kappa shape index (κ3) is 5.20. The molecule has 5 rings (SSSR count). The zero-order chi connectivity index (χ0) is 25.2. The van der Waals surface area contributed by atoms with Crippen LogP contribution in [0.3, 0.4) is 0 Å². The first-order chi connectivity index (χ1) is 17.4. The number of rotatable bonds is 6. The lowest BCUT2D eigenvalue weighted by atomic mass is 9.94. The average Bonchev–Trinajstić information content (AvgIpc) is 3.47. The molecule has 0 radical (unpaired) electrons. The third-order valence-corrected chi connectivity index (χ3v) is 8.11. The summed E-state index contributed by atoms with van der Waals surface area (Å²) < 4.78 is 13.3. The summed E-state index contributed by atoms with van der Waals surface area (Å²) in [4.78, 5) is 35.3. The molecule has 2 aliphatic rings. The van der Waals surface area contributed by atoms with E-state index in [2.05, 4.69) is 16.3 Å². The molecule has 1 aromatic heterocycles. The van der Waals surface area contributed by atoms with Gasteiger partial charge in [-0.25, -0.2) is 9.37 Å². The number of fused-ring (bicyclic) bond motifs is 1. The Kier molecular flexibility index (Phi) is 7.16. The van der Waals surface area contributed by atoms with Gasteiger partial charge in [-0.2, -0.15) is 0 Å². The van der Waals surface area contributed by atoms with Crippen molar-refractivity contribution in [2.45, 2.75) is 51.5 Å². The van der Waals surface area contributed by atoms with Gasteiger partial charge in [0, 0.05) is 34.3 Å². The Balaban J connectivity index is 1.27. The van der Waals surface area contributed by atoms with E-state index in [1.54, 1.807) is 4.90 Å². The number of anilines is 2. The van der Waals surface area contributed by atoms with Gasteiger partial charge >= 0.3 is 0 Å². The predicted molar refractivity (Wildman–Crippen MR) is 142 cm³/mol. The molecule has 0 spiro atoms. The number of aryl methyl sites for hydroxylation is 1. The van der Waals surface area contributed by atoms with Gasteiger partial charge in [0.25, 0.3) is 5.91 Å². The van der Waals surface area contributed by atoms with Crippen molar-refractivity contribution in [2.24, 2.45) is 0 Å². The van der Waals surface area contributed by atoms with Crippen molar-refractivity contribution in [3.63, 3.8) is 0 Å². The van der Waals surface area contributed by atoms with Gasteiger partial charge in [0.2, 0.25) is 5.91 Å². The number of aromatic nitrogens is 1. The number of amides is 2. The molecule has 1 fully saturated rings.